The van der Waals surface area contributed by atoms with Gasteiger partial charge in [0, 0.05) is 45.3 Å². The highest BCUT2D eigenvalue weighted by Gasteiger charge is 2.25. The molecule has 0 aliphatic carbocycles. The number of carboxylic acid groups (broad SMARTS) is 3. The average molecular weight is 1120 g/mol. The van der Waals surface area contributed by atoms with Crippen molar-refractivity contribution < 1.29 is 92.4 Å². The van der Waals surface area contributed by atoms with Crippen LogP contribution in [0.3, 0.4) is 0 Å². The van der Waals surface area contributed by atoms with Gasteiger partial charge in [0.15, 0.2) is 6.29 Å². The number of primary amides is 1. The molecule has 0 heterocycles. The number of carbonyl (C=O) groups excluding carboxylic acids is 7. The number of ether oxygens (including phenoxy) is 4. The molecule has 78 heavy (non-hydrogen) atoms. The molecule has 0 bridgehead atoms. The lowest BCUT2D eigenvalue weighted by atomic mass is 10.0. The Hall–Kier alpha value is -5.58. The lowest BCUT2D eigenvalue weighted by Crippen LogP contribution is -2.45. The van der Waals surface area contributed by atoms with Crippen molar-refractivity contribution in [1.29, 1.82) is 0 Å². The zero-order valence-corrected chi connectivity index (χ0v) is 45.4. The van der Waals surface area contributed by atoms with Crippen molar-refractivity contribution in [1.82, 2.24) is 31.9 Å². The predicted octanol–water partition coefficient (Wildman–Crippen LogP) is -0.0146. The third kappa shape index (κ3) is 45.4. The number of carbonyl (C=O) groups is 10. The van der Waals surface area contributed by atoms with E-state index in [4.69, 9.17) is 40.6 Å². The molecule has 0 aromatic rings. The molecule has 7 amide bonds. The normalized spacial score (nSPS) is 12.7. The van der Waals surface area contributed by atoms with E-state index in [0.29, 0.717) is 32.1 Å². The number of aliphatic hydroxyl groups excluding tert-OH is 1. The van der Waals surface area contributed by atoms with Crippen LogP contribution in [0.25, 0.3) is 0 Å². The van der Waals surface area contributed by atoms with Crippen LogP contribution < -0.4 is 43.4 Å². The van der Waals surface area contributed by atoms with Gasteiger partial charge in [0.1, 0.15) is 31.3 Å². The van der Waals surface area contributed by atoms with Crippen LogP contribution in [0.5, 0.6) is 0 Å². The number of unbranched alkanes of at least 4 members (excludes halogenated alkanes) is 14. The summed E-state index contributed by atoms with van der Waals surface area (Å²) in [5.41, 5.74) is 10.6. The number of rotatable bonds is 54. The smallest absolute Gasteiger partial charge is 0.326 e. The summed E-state index contributed by atoms with van der Waals surface area (Å²) in [6.07, 6.45) is 14.5. The van der Waals surface area contributed by atoms with Crippen molar-refractivity contribution in [3.05, 3.63) is 0 Å². The predicted molar refractivity (Wildman–Crippen MR) is 282 cm³/mol. The minimum Gasteiger partial charge on any atom is -0.480 e. The lowest BCUT2D eigenvalue weighted by Gasteiger charge is -2.17. The fourth-order valence-corrected chi connectivity index (χ4v) is 7.48. The second kappa shape index (κ2) is 48.5. The molecule has 4 atom stereocenters. The topological polar surface area (TPSA) is 433 Å². The maximum absolute atomic E-state index is 12.4. The number of hydrogen-bond donors (Lipinski definition) is 13. The first-order chi connectivity index (χ1) is 37.3. The monoisotopic (exact) mass is 1120 g/mol. The first-order valence-corrected chi connectivity index (χ1v) is 27.4. The van der Waals surface area contributed by atoms with Gasteiger partial charge in [-0.05, 0) is 57.8 Å². The van der Waals surface area contributed by atoms with Crippen LogP contribution >= 0.6 is 0 Å². The van der Waals surface area contributed by atoms with Crippen molar-refractivity contribution in [2.75, 3.05) is 72.5 Å². The van der Waals surface area contributed by atoms with Gasteiger partial charge in [0.25, 0.3) is 0 Å². The number of nitrogens with two attached hydrogens (primary N) is 2. The maximum atomic E-state index is 12.4. The van der Waals surface area contributed by atoms with Crippen molar-refractivity contribution in [2.24, 2.45) is 11.5 Å². The van der Waals surface area contributed by atoms with E-state index in [0.717, 1.165) is 44.9 Å². The summed E-state index contributed by atoms with van der Waals surface area (Å²) in [6.45, 7) is 0.236. The molecule has 0 saturated carbocycles. The van der Waals surface area contributed by atoms with Gasteiger partial charge in [0.2, 0.25) is 41.4 Å². The molecule has 0 radical (unpaired) electrons. The van der Waals surface area contributed by atoms with E-state index in [1.807, 2.05) is 0 Å². The molecule has 0 aromatic heterocycles. The summed E-state index contributed by atoms with van der Waals surface area (Å²) in [5.74, 6) is -7.90. The minimum absolute atomic E-state index is 0.0366. The van der Waals surface area contributed by atoms with Crippen molar-refractivity contribution in [3.8, 4) is 0 Å². The first kappa shape index (κ1) is 72.4. The lowest BCUT2D eigenvalue weighted by molar-refractivity contribution is -0.144. The molecule has 0 aliphatic heterocycles. The Balaban J connectivity index is 3.95. The van der Waals surface area contributed by atoms with E-state index in [1.165, 1.54) is 38.5 Å². The number of hydrogen-bond acceptors (Lipinski definition) is 17. The summed E-state index contributed by atoms with van der Waals surface area (Å²) in [5, 5.41) is 61.1. The molecular formula is C51H92N8O19. The van der Waals surface area contributed by atoms with Gasteiger partial charge < -0.3 is 87.8 Å². The standard InChI is InChI=1S/C51H92N8O19/c52-37(48(53)68)17-15-16-26-54-41(60)23-20-39(50(71)72)58-44(63)25-22-40(51(73)74)59-46(65)36-78-34-32-76-30-28-56-45(64)35-77-33-31-75-29-27-55-42(61)24-21-38(49(69)70)57-43(62)18-13-11-9-7-5-3-1-2-4-6-8-10-12-14-19-47(66)67/h37-40,47,66-67H,1-36,52H2,(H2,53,68)(H,54,60)(H,55,61)(H,56,64)(H,57,62)(H,58,63)(H,59,65)(H,69,70)(H,71,72)(H,73,74)/t37-,38-,39-,40-/m0/s1. The van der Waals surface area contributed by atoms with Crippen LogP contribution in [0.2, 0.25) is 0 Å². The van der Waals surface area contributed by atoms with Crippen molar-refractivity contribution in [2.45, 2.75) is 191 Å². The number of amides is 7. The van der Waals surface area contributed by atoms with Gasteiger partial charge in [-0.15, -0.1) is 0 Å². The Morgan fingerprint density at radius 3 is 1.14 bits per heavy atom. The van der Waals surface area contributed by atoms with Gasteiger partial charge in [-0.3, -0.25) is 33.6 Å². The van der Waals surface area contributed by atoms with Crippen LogP contribution in [-0.4, -0.2) is 188 Å². The van der Waals surface area contributed by atoms with Gasteiger partial charge in [-0.2, -0.15) is 0 Å². The number of aliphatic carboxylic acids is 3. The Morgan fingerprint density at radius 1 is 0.359 bits per heavy atom. The molecule has 15 N–H and O–H groups in total. The highest BCUT2D eigenvalue weighted by molar-refractivity contribution is 5.87. The molecule has 0 unspecified atom stereocenters. The molecule has 27 heteroatoms. The van der Waals surface area contributed by atoms with Crippen LogP contribution in [0.4, 0.5) is 0 Å². The molecular weight excluding hydrogens is 1030 g/mol. The van der Waals surface area contributed by atoms with E-state index in [9.17, 15) is 63.3 Å². The Kier molecular flexibility index (Phi) is 45.1. The van der Waals surface area contributed by atoms with Crippen LogP contribution in [-0.2, 0) is 66.9 Å². The summed E-state index contributed by atoms with van der Waals surface area (Å²) in [4.78, 5) is 119. The van der Waals surface area contributed by atoms with E-state index < -0.39 is 96.8 Å². The molecule has 0 aromatic carbocycles. The third-order valence-corrected chi connectivity index (χ3v) is 12.0. The molecule has 27 nitrogen and oxygen atoms in total. The van der Waals surface area contributed by atoms with Gasteiger partial charge in [0.05, 0.1) is 45.7 Å². The van der Waals surface area contributed by atoms with Crippen molar-refractivity contribution >= 4 is 59.3 Å². The molecule has 0 aliphatic rings. The van der Waals surface area contributed by atoms with Crippen LogP contribution in [0.15, 0.2) is 0 Å². The molecule has 0 saturated heterocycles. The Bertz CT molecular complexity index is 1730. The zero-order valence-electron chi connectivity index (χ0n) is 45.4. The van der Waals surface area contributed by atoms with E-state index >= 15 is 0 Å². The highest BCUT2D eigenvalue weighted by Crippen LogP contribution is 2.14. The Labute approximate surface area is 457 Å². The molecule has 0 rings (SSSR count). The number of carboxylic acids is 3. The minimum atomic E-state index is -1.49. The average Bonchev–Trinajstić information content (AvgIpc) is 3.38. The van der Waals surface area contributed by atoms with Gasteiger partial charge in [-0.1, -0.05) is 77.0 Å². The summed E-state index contributed by atoms with van der Waals surface area (Å²) >= 11 is 0. The molecule has 0 spiro atoms. The first-order valence-electron chi connectivity index (χ1n) is 27.4. The number of nitrogens with one attached hydrogen (secondary N) is 6. The highest BCUT2D eigenvalue weighted by atomic mass is 16.5. The zero-order chi connectivity index (χ0) is 58.2. The maximum Gasteiger partial charge on any atom is 0.326 e. The van der Waals surface area contributed by atoms with E-state index in [1.54, 1.807) is 0 Å². The quantitative estimate of drug-likeness (QED) is 0.0281. The van der Waals surface area contributed by atoms with Gasteiger partial charge in [-0.25, -0.2) is 14.4 Å². The summed E-state index contributed by atoms with van der Waals surface area (Å²) in [6, 6.07) is -4.87. The van der Waals surface area contributed by atoms with E-state index in [-0.39, 0.29) is 110 Å². The van der Waals surface area contributed by atoms with Gasteiger partial charge >= 0.3 is 17.9 Å². The van der Waals surface area contributed by atoms with Crippen molar-refractivity contribution in [3.63, 3.8) is 0 Å². The SMILES string of the molecule is NC(=O)[C@@H](N)CCCCNC(=O)CC[C@H](NC(=O)CC[C@H](NC(=O)COCCOCCNC(=O)COCCOCCNC(=O)CC[C@H](NC(=O)CCCCCCCCCCCCCCCCC(O)O)C(=O)O)C(=O)O)C(=O)O. The Morgan fingerprint density at radius 2 is 0.705 bits per heavy atom. The molecule has 450 valence electrons. The molecule has 0 fully saturated rings. The largest absolute Gasteiger partial charge is 0.480 e. The summed E-state index contributed by atoms with van der Waals surface area (Å²) < 4.78 is 21.2. The number of aliphatic hydroxyl groups is 2. The van der Waals surface area contributed by atoms with Crippen LogP contribution in [0, 0.1) is 0 Å². The second-order valence-corrected chi connectivity index (χ2v) is 18.8. The second-order valence-electron chi connectivity index (χ2n) is 18.8. The fraction of sp³-hybridized carbons (Fsp3) is 0.804. The van der Waals surface area contributed by atoms with Crippen LogP contribution in [0.1, 0.15) is 161 Å². The summed E-state index contributed by atoms with van der Waals surface area (Å²) in [7, 11) is 0. The van der Waals surface area contributed by atoms with E-state index in [2.05, 4.69) is 31.9 Å². The fourth-order valence-electron chi connectivity index (χ4n) is 7.48. The third-order valence-electron chi connectivity index (χ3n) is 12.0.